The second-order valence-corrected chi connectivity index (χ2v) is 25.7. The SMILES string of the molecule is C.C.C=C1CCN(C(=O)OC(C)(C)C)CC1.CC(C)(C)OC(=O)N1CCC2(CC1)CC(c1ncccc1Cl)=NO2.Clc1cccnc1.Clc1cccnc1C1=NOC2(CCNCC2)C1.F.O/N=C(\Cl)c1ncccc1Cl.O/N=C/c1ncccc1Cl.OC(O)c1ncccc1Cl.[B].[H-].[HH].[HH].[K+]. The van der Waals surface area contributed by atoms with Crippen LogP contribution in [0.15, 0.2) is 149 Å². The van der Waals surface area contributed by atoms with Crippen molar-refractivity contribution in [3.8, 4) is 0 Å². The Morgan fingerprint density at radius 2 is 1.08 bits per heavy atom. The number of piperidine rings is 3. The maximum absolute atomic E-state index is 12.2. The molecule has 98 heavy (non-hydrogen) atoms. The minimum absolute atomic E-state index is 0. The van der Waals surface area contributed by atoms with Crippen molar-refractivity contribution in [2.24, 2.45) is 20.6 Å². The van der Waals surface area contributed by atoms with Crippen molar-refractivity contribution < 1.29 is 110 Å². The summed E-state index contributed by atoms with van der Waals surface area (Å²) in [6.07, 6.45) is 17.0. The molecular formula is C65H88BCl7FKN13O10. The topological polar surface area (TPSA) is 297 Å². The summed E-state index contributed by atoms with van der Waals surface area (Å²) >= 11 is 40.1. The smallest absolute Gasteiger partial charge is 1.00 e. The number of ether oxygens (including phenoxy) is 2. The van der Waals surface area contributed by atoms with Crippen molar-refractivity contribution in [2.75, 3.05) is 39.3 Å². The first kappa shape index (κ1) is 92.6. The number of amides is 2. The van der Waals surface area contributed by atoms with Crippen molar-refractivity contribution in [2.45, 2.75) is 136 Å². The van der Waals surface area contributed by atoms with Crippen molar-refractivity contribution >= 4 is 125 Å². The normalized spacial score (nSPS) is 15.4. The van der Waals surface area contributed by atoms with Gasteiger partial charge in [0.1, 0.15) is 62.3 Å². The van der Waals surface area contributed by atoms with Gasteiger partial charge in [-0.1, -0.05) is 129 Å². The molecule has 2 spiro atoms. The number of aromatic nitrogens is 6. The number of carbonyl (C=O) groups excluding carboxylic acids is 2. The molecule has 0 aliphatic carbocycles. The molecule has 6 aromatic rings. The van der Waals surface area contributed by atoms with Crippen LogP contribution in [0, 0.1) is 0 Å². The first-order valence-corrected chi connectivity index (χ1v) is 31.6. The number of halogens is 8. The van der Waals surface area contributed by atoms with Gasteiger partial charge in [-0.3, -0.25) is 34.6 Å². The Hall–Kier alpha value is -5.40. The van der Waals surface area contributed by atoms with E-state index in [0.717, 1.165) is 75.4 Å². The van der Waals surface area contributed by atoms with Crippen molar-refractivity contribution in [1.29, 1.82) is 0 Å². The number of hydrogen-bond donors (Lipinski definition) is 5. The Labute approximate surface area is 656 Å². The minimum Gasteiger partial charge on any atom is -1.00 e. The van der Waals surface area contributed by atoms with E-state index in [1.54, 1.807) is 101 Å². The Morgan fingerprint density at radius 1 is 0.653 bits per heavy atom. The van der Waals surface area contributed by atoms with Crippen LogP contribution in [0.3, 0.4) is 0 Å². The molecule has 11 heterocycles. The van der Waals surface area contributed by atoms with Gasteiger partial charge in [-0.15, -0.1) is 0 Å². The van der Waals surface area contributed by atoms with Crippen LogP contribution in [-0.4, -0.2) is 165 Å². The van der Waals surface area contributed by atoms with E-state index in [2.05, 4.69) is 62.4 Å². The summed E-state index contributed by atoms with van der Waals surface area (Å²) in [5.41, 5.74) is 3.75. The standard InChI is InChI=1S/C17H22ClN3O3.C12H14ClN3O.C11H19NO2.C6H4Cl2N2O.C6H5ClN2O.C6H6ClNO2.C5H4ClN.2CH4.B.FH.K.2H2.H/c1-16(2,3)23-15(22)21-9-6-17(7-10-21)11-13(20-24-17)14-12(18)5-4-8-19-14;13-9-2-1-5-15-11(9)10-8-12(17-16-10)3-6-14-7-4-12;1-9-5-7-12(8-6-9)10(13)14-11(2,3)4;7-4-2-1-3-9-5(4)6(8)10-11;7-5-2-1-3-8-6(5)4-9-10;7-4-2-1-3-8-5(4)6(9)10;6-5-2-1-3-7-4-5;;;;;;;;/h4-5,8H,6-7,9-11H2,1-3H3;1-2,5,14H,3-4,6-8H2;1,5-8H2,2-4H3;1-3,11H;1-4,10H;1-3,6,9-10H;1-4H;2*1H4;;1H;;2*1H;/q;;;;;;;;;;;+1;;;-1/b;;;10-6-;9-4+;;;;;;;;;;. The number of aliphatic hydroxyl groups excluding tert-OH is 1. The predicted octanol–water partition coefficient (Wildman–Crippen LogP) is 12.9. The quantitative estimate of drug-likeness (QED) is 0.0268. The molecule has 23 nitrogen and oxygen atoms in total. The molecule has 0 saturated carbocycles. The summed E-state index contributed by atoms with van der Waals surface area (Å²) in [5, 5.41) is 53.8. The summed E-state index contributed by atoms with van der Waals surface area (Å²) in [5.74, 6) is 0. The molecule has 0 unspecified atom stereocenters. The summed E-state index contributed by atoms with van der Waals surface area (Å²) < 4.78 is 10.7. The first-order chi connectivity index (χ1) is 44.2. The Balaban J connectivity index is -0.000000554. The third-order valence-corrected chi connectivity index (χ3v) is 15.4. The molecule has 5 aliphatic rings. The zero-order chi connectivity index (χ0) is 68.2. The van der Waals surface area contributed by atoms with Gasteiger partial charge in [0.2, 0.25) is 0 Å². The van der Waals surface area contributed by atoms with Gasteiger partial charge in [0, 0.05) is 119 Å². The maximum Gasteiger partial charge on any atom is 1.00 e. The summed E-state index contributed by atoms with van der Waals surface area (Å²) in [7, 11) is 0. The van der Waals surface area contributed by atoms with Crippen molar-refractivity contribution in [3.63, 3.8) is 0 Å². The van der Waals surface area contributed by atoms with Crippen LogP contribution < -0.4 is 56.7 Å². The van der Waals surface area contributed by atoms with E-state index in [0.29, 0.717) is 68.9 Å². The molecule has 0 bridgehead atoms. The average molecular weight is 1530 g/mol. The number of likely N-dealkylation sites (tertiary alicyclic amines) is 2. The van der Waals surface area contributed by atoms with Gasteiger partial charge in [0.25, 0.3) is 0 Å². The second kappa shape index (κ2) is 46.2. The number of carbonyl (C=O) groups is 2. The summed E-state index contributed by atoms with van der Waals surface area (Å²) in [6.45, 7) is 19.8. The molecular weight excluding hydrogens is 1440 g/mol. The number of rotatable bonds is 5. The molecule has 5 N–H and O–H groups in total. The Bertz CT molecular complexity index is 3530. The molecule has 0 atom stereocenters. The van der Waals surface area contributed by atoms with Crippen LogP contribution in [0.5, 0.6) is 0 Å². The zero-order valence-corrected chi connectivity index (χ0v) is 62.4. The van der Waals surface area contributed by atoms with Gasteiger partial charge in [0.15, 0.2) is 11.5 Å². The van der Waals surface area contributed by atoms with E-state index in [4.69, 9.17) is 121 Å². The Kier molecular flexibility index (Phi) is 43.6. The fourth-order valence-electron chi connectivity index (χ4n) is 8.73. The number of oxime groups is 4. The third kappa shape index (κ3) is 32.1. The number of aliphatic hydroxyl groups is 2. The predicted molar refractivity (Wildman–Crippen MR) is 389 cm³/mol. The fourth-order valence-corrected chi connectivity index (χ4v) is 10.1. The van der Waals surface area contributed by atoms with E-state index in [1.807, 2.05) is 53.7 Å². The van der Waals surface area contributed by atoms with Gasteiger partial charge >= 0.3 is 63.6 Å². The van der Waals surface area contributed by atoms with Crippen LogP contribution in [0.4, 0.5) is 14.3 Å². The number of nitrogens with one attached hydrogen (secondary N) is 1. The monoisotopic (exact) mass is 1520 g/mol. The van der Waals surface area contributed by atoms with Crippen molar-refractivity contribution in [3.05, 3.63) is 187 Å². The van der Waals surface area contributed by atoms with Crippen LogP contribution in [0.1, 0.15) is 147 Å². The molecule has 0 aromatic carbocycles. The molecule has 2 amide bonds. The molecule has 3 saturated heterocycles. The van der Waals surface area contributed by atoms with Crippen molar-refractivity contribution in [1.82, 2.24) is 45.0 Å². The van der Waals surface area contributed by atoms with E-state index in [9.17, 15) is 9.59 Å². The average Bonchev–Trinajstić information content (AvgIpc) is 1.68. The molecule has 3 radical (unpaired) electrons. The summed E-state index contributed by atoms with van der Waals surface area (Å²) in [4.78, 5) is 62.2. The molecule has 5 aliphatic heterocycles. The van der Waals surface area contributed by atoms with Gasteiger partial charge in [0.05, 0.1) is 36.4 Å². The molecule has 533 valence electrons. The van der Waals surface area contributed by atoms with Gasteiger partial charge in [-0.05, 0) is 140 Å². The molecule has 3 fully saturated rings. The van der Waals surface area contributed by atoms with Crippen LogP contribution in [-0.2, 0) is 19.1 Å². The van der Waals surface area contributed by atoms with Crippen LogP contribution >= 0.6 is 81.2 Å². The third-order valence-electron chi connectivity index (χ3n) is 13.4. The molecule has 11 rings (SSSR count). The van der Waals surface area contributed by atoms with Gasteiger partial charge in [-0.2, -0.15) is 0 Å². The van der Waals surface area contributed by atoms with E-state index < -0.39 is 17.5 Å². The summed E-state index contributed by atoms with van der Waals surface area (Å²) in [6, 6.07) is 20.6. The zero-order valence-electron chi connectivity index (χ0n) is 55.0. The minimum atomic E-state index is -1.59. The first-order valence-electron chi connectivity index (χ1n) is 29.0. The van der Waals surface area contributed by atoms with E-state index in [1.165, 1.54) is 24.2 Å². The maximum atomic E-state index is 12.2. The number of pyridine rings is 6. The van der Waals surface area contributed by atoms with Gasteiger partial charge in [-0.25, -0.2) is 9.59 Å². The fraction of sp³-hybridized carbons (Fsp3) is 0.415. The molecule has 6 aromatic heterocycles. The second-order valence-electron chi connectivity index (χ2n) is 22.8. The number of hydrogen-bond acceptors (Lipinski definition) is 21. The van der Waals surface area contributed by atoms with Crippen LogP contribution in [0.2, 0.25) is 30.1 Å². The largest absolute Gasteiger partial charge is 1.00 e. The molecule has 33 heteroatoms. The van der Waals surface area contributed by atoms with E-state index >= 15 is 0 Å². The van der Waals surface area contributed by atoms with Crippen LogP contribution in [0.25, 0.3) is 0 Å². The Morgan fingerprint density at radius 3 is 1.47 bits per heavy atom. The van der Waals surface area contributed by atoms with Gasteiger partial charge < -0.3 is 56.3 Å². The number of nitrogens with zero attached hydrogens (tertiary/aromatic N) is 12. The van der Waals surface area contributed by atoms with E-state index in [-0.39, 0.29) is 129 Å².